The van der Waals surface area contributed by atoms with Gasteiger partial charge in [0, 0.05) is 10.5 Å². The van der Waals surface area contributed by atoms with Gasteiger partial charge in [0.05, 0.1) is 6.26 Å². The molecule has 1 aromatic heterocycles. The van der Waals surface area contributed by atoms with Gasteiger partial charge in [0.15, 0.2) is 11.5 Å². The number of phenols is 2. The molecule has 1 atom stereocenters. The van der Waals surface area contributed by atoms with Crippen LogP contribution < -0.4 is 0 Å². The van der Waals surface area contributed by atoms with Gasteiger partial charge in [-0.05, 0) is 29.0 Å². The zero-order chi connectivity index (χ0) is 15.7. The monoisotopic (exact) mass is 299 g/mol. The Kier molecular flexibility index (Phi) is 3.42. The maximum Gasteiger partial charge on any atom is 0.217 e. The fourth-order valence-corrected chi connectivity index (χ4v) is 2.66. The third kappa shape index (κ3) is 2.35. The first-order valence-electron chi connectivity index (χ1n) is 6.66. The summed E-state index contributed by atoms with van der Waals surface area (Å²) >= 11 is 0. The molecule has 0 radical (unpaired) electrons. The van der Waals surface area contributed by atoms with Gasteiger partial charge in [0.2, 0.25) is 6.54 Å². The van der Waals surface area contributed by atoms with Crippen LogP contribution in [0.4, 0.5) is 0 Å². The molecule has 0 saturated carbocycles. The standard InChI is InChI=1S/C16H13NO5/c18-13-8-10-4-1-2-5-11(10)15(16(13)19)12(9-17(20)21)14-6-3-7-22-14/h1-8,12,18-19H,9H2. The fraction of sp³-hybridized carbons (Fsp3) is 0.125. The van der Waals surface area contributed by atoms with Crippen LogP contribution >= 0.6 is 0 Å². The first-order valence-corrected chi connectivity index (χ1v) is 6.66. The van der Waals surface area contributed by atoms with Gasteiger partial charge >= 0.3 is 0 Å². The summed E-state index contributed by atoms with van der Waals surface area (Å²) in [4.78, 5) is 10.6. The van der Waals surface area contributed by atoms with Crippen LogP contribution in [0.3, 0.4) is 0 Å². The molecule has 0 aliphatic rings. The number of furan rings is 1. The average molecular weight is 299 g/mol. The molecule has 1 heterocycles. The summed E-state index contributed by atoms with van der Waals surface area (Å²) in [7, 11) is 0. The number of nitro groups is 1. The van der Waals surface area contributed by atoms with E-state index >= 15 is 0 Å². The highest BCUT2D eigenvalue weighted by Crippen LogP contribution is 2.42. The van der Waals surface area contributed by atoms with Gasteiger partial charge < -0.3 is 14.6 Å². The summed E-state index contributed by atoms with van der Waals surface area (Å²) in [5.74, 6) is -1.10. The van der Waals surface area contributed by atoms with Gasteiger partial charge in [0.1, 0.15) is 11.7 Å². The van der Waals surface area contributed by atoms with Crippen LogP contribution in [0.2, 0.25) is 0 Å². The summed E-state index contributed by atoms with van der Waals surface area (Å²) in [5.41, 5.74) is 0.294. The van der Waals surface area contributed by atoms with E-state index in [9.17, 15) is 20.3 Å². The lowest BCUT2D eigenvalue weighted by Gasteiger charge is -2.16. The van der Waals surface area contributed by atoms with E-state index in [0.29, 0.717) is 22.1 Å². The average Bonchev–Trinajstić information content (AvgIpc) is 3.01. The van der Waals surface area contributed by atoms with Crippen molar-refractivity contribution in [2.24, 2.45) is 0 Å². The molecule has 3 rings (SSSR count). The van der Waals surface area contributed by atoms with Crippen molar-refractivity contribution in [3.63, 3.8) is 0 Å². The smallest absolute Gasteiger partial charge is 0.217 e. The van der Waals surface area contributed by atoms with Crippen LogP contribution in [-0.4, -0.2) is 21.7 Å². The number of rotatable bonds is 4. The SMILES string of the molecule is O=[N+]([O-])CC(c1ccco1)c1c(O)c(O)cc2ccccc12. The molecule has 112 valence electrons. The predicted molar refractivity (Wildman–Crippen MR) is 79.7 cm³/mol. The summed E-state index contributed by atoms with van der Waals surface area (Å²) in [5, 5.41) is 32.5. The molecular formula is C16H13NO5. The first kappa shape index (κ1) is 13.9. The van der Waals surface area contributed by atoms with Crippen LogP contribution in [0, 0.1) is 10.1 Å². The summed E-state index contributed by atoms with van der Waals surface area (Å²) < 4.78 is 5.30. The van der Waals surface area contributed by atoms with Gasteiger partial charge in [-0.2, -0.15) is 0 Å². The van der Waals surface area contributed by atoms with Crippen LogP contribution in [0.1, 0.15) is 17.2 Å². The van der Waals surface area contributed by atoms with Gasteiger partial charge in [-0.3, -0.25) is 10.1 Å². The quantitative estimate of drug-likeness (QED) is 0.438. The fourth-order valence-electron chi connectivity index (χ4n) is 2.66. The van der Waals surface area contributed by atoms with Crippen molar-refractivity contribution >= 4 is 10.8 Å². The Morgan fingerprint density at radius 2 is 1.95 bits per heavy atom. The molecule has 0 bridgehead atoms. The van der Waals surface area contributed by atoms with Crippen molar-refractivity contribution in [1.82, 2.24) is 0 Å². The Balaban J connectivity index is 2.29. The van der Waals surface area contributed by atoms with E-state index in [-0.39, 0.29) is 11.5 Å². The maximum atomic E-state index is 11.0. The van der Waals surface area contributed by atoms with Crippen molar-refractivity contribution in [3.8, 4) is 11.5 Å². The normalized spacial score (nSPS) is 12.4. The number of nitrogens with zero attached hydrogens (tertiary/aromatic N) is 1. The lowest BCUT2D eigenvalue weighted by atomic mass is 9.90. The Morgan fingerprint density at radius 1 is 1.18 bits per heavy atom. The van der Waals surface area contributed by atoms with E-state index in [2.05, 4.69) is 0 Å². The molecule has 0 aliphatic carbocycles. The summed E-state index contributed by atoms with van der Waals surface area (Å²) in [6.07, 6.45) is 1.42. The van der Waals surface area contributed by atoms with Gasteiger partial charge in [-0.15, -0.1) is 0 Å². The molecule has 2 N–H and O–H groups in total. The molecule has 2 aromatic carbocycles. The molecular weight excluding hydrogens is 286 g/mol. The van der Waals surface area contributed by atoms with Crippen LogP contribution in [-0.2, 0) is 0 Å². The van der Waals surface area contributed by atoms with Crippen molar-refractivity contribution in [2.75, 3.05) is 6.54 Å². The molecule has 0 fully saturated rings. The van der Waals surface area contributed by atoms with E-state index in [1.165, 1.54) is 12.3 Å². The third-order valence-corrected chi connectivity index (χ3v) is 3.61. The minimum atomic E-state index is -0.790. The van der Waals surface area contributed by atoms with Crippen molar-refractivity contribution < 1.29 is 19.6 Å². The van der Waals surface area contributed by atoms with Gasteiger partial charge in [-0.1, -0.05) is 24.3 Å². The topological polar surface area (TPSA) is 96.7 Å². The largest absolute Gasteiger partial charge is 0.504 e. The highest BCUT2D eigenvalue weighted by atomic mass is 16.6. The number of fused-ring (bicyclic) bond motifs is 1. The Bertz CT molecular complexity index is 826. The molecule has 3 aromatic rings. The number of hydrogen-bond donors (Lipinski definition) is 2. The second kappa shape index (κ2) is 5.40. The highest BCUT2D eigenvalue weighted by Gasteiger charge is 2.29. The van der Waals surface area contributed by atoms with E-state index in [1.54, 1.807) is 36.4 Å². The summed E-state index contributed by atoms with van der Waals surface area (Å²) in [6, 6.07) is 11.8. The van der Waals surface area contributed by atoms with E-state index < -0.39 is 17.4 Å². The second-order valence-corrected chi connectivity index (χ2v) is 4.96. The lowest BCUT2D eigenvalue weighted by Crippen LogP contribution is -2.14. The van der Waals surface area contributed by atoms with E-state index in [1.807, 2.05) is 0 Å². The number of phenolic OH excluding ortho intramolecular Hbond substituents is 2. The zero-order valence-electron chi connectivity index (χ0n) is 11.5. The third-order valence-electron chi connectivity index (χ3n) is 3.61. The molecule has 1 unspecified atom stereocenters. The van der Waals surface area contributed by atoms with E-state index in [4.69, 9.17) is 4.42 Å². The Morgan fingerprint density at radius 3 is 2.64 bits per heavy atom. The van der Waals surface area contributed by atoms with Crippen LogP contribution in [0.25, 0.3) is 10.8 Å². The maximum absolute atomic E-state index is 11.0. The van der Waals surface area contributed by atoms with Crippen LogP contribution in [0.15, 0.2) is 53.1 Å². The number of aromatic hydroxyl groups is 2. The molecule has 0 spiro atoms. The van der Waals surface area contributed by atoms with Crippen molar-refractivity contribution in [3.05, 3.63) is 70.2 Å². The van der Waals surface area contributed by atoms with Crippen LogP contribution in [0.5, 0.6) is 11.5 Å². The Labute approximate surface area is 125 Å². The molecule has 22 heavy (non-hydrogen) atoms. The molecule has 0 aliphatic heterocycles. The van der Waals surface area contributed by atoms with Gasteiger partial charge in [0.25, 0.3) is 0 Å². The minimum absolute atomic E-state index is 0.294. The summed E-state index contributed by atoms with van der Waals surface area (Å²) in [6.45, 7) is -0.450. The molecule has 6 nitrogen and oxygen atoms in total. The minimum Gasteiger partial charge on any atom is -0.504 e. The zero-order valence-corrected chi connectivity index (χ0v) is 11.5. The molecule has 0 amide bonds. The highest BCUT2D eigenvalue weighted by molar-refractivity contribution is 5.90. The predicted octanol–water partition coefficient (Wildman–Crippen LogP) is 3.25. The second-order valence-electron chi connectivity index (χ2n) is 4.96. The lowest BCUT2D eigenvalue weighted by molar-refractivity contribution is -0.482. The Hall–Kier alpha value is -3.02. The van der Waals surface area contributed by atoms with Crippen molar-refractivity contribution in [1.29, 1.82) is 0 Å². The van der Waals surface area contributed by atoms with Gasteiger partial charge in [-0.25, -0.2) is 0 Å². The number of benzene rings is 2. The first-order chi connectivity index (χ1) is 10.6. The van der Waals surface area contributed by atoms with E-state index in [0.717, 1.165) is 0 Å². The molecule has 0 saturated heterocycles. The number of hydrogen-bond acceptors (Lipinski definition) is 5. The molecule has 6 heteroatoms. The van der Waals surface area contributed by atoms with Crippen molar-refractivity contribution in [2.45, 2.75) is 5.92 Å².